The summed E-state index contributed by atoms with van der Waals surface area (Å²) in [6, 6.07) is 19.5. The number of rotatable bonds is 5. The van der Waals surface area contributed by atoms with Crippen LogP contribution >= 0.6 is 0 Å². The first kappa shape index (κ1) is 21.0. The lowest BCUT2D eigenvalue weighted by Crippen LogP contribution is -2.40. The second-order valence-corrected chi connectivity index (χ2v) is 7.79. The van der Waals surface area contributed by atoms with E-state index in [0.717, 1.165) is 11.1 Å². The Balaban J connectivity index is 1.75. The average Bonchev–Trinajstić information content (AvgIpc) is 2.72. The molecule has 1 atom stereocenters. The van der Waals surface area contributed by atoms with Crippen LogP contribution in [0.4, 0.5) is 10.5 Å². The van der Waals surface area contributed by atoms with E-state index in [1.165, 1.54) is 0 Å². The second-order valence-electron chi connectivity index (χ2n) is 7.79. The number of amides is 2. The highest BCUT2D eigenvalue weighted by molar-refractivity contribution is 5.97. The van der Waals surface area contributed by atoms with E-state index in [1.807, 2.05) is 54.6 Å². The lowest BCUT2D eigenvalue weighted by molar-refractivity contribution is -0.118. The van der Waals surface area contributed by atoms with Crippen LogP contribution in [0.5, 0.6) is 0 Å². The van der Waals surface area contributed by atoms with Gasteiger partial charge in [0.25, 0.3) is 5.91 Å². The Morgan fingerprint density at radius 2 is 1.47 bits per heavy atom. The number of hydrogen-bond acceptors (Lipinski definition) is 4. The minimum absolute atomic E-state index is 0.358. The lowest BCUT2D eigenvalue weighted by atomic mass is 10.1. The van der Waals surface area contributed by atoms with Crippen LogP contribution in [0.1, 0.15) is 32.4 Å². The summed E-state index contributed by atoms with van der Waals surface area (Å²) < 4.78 is 5.32. The molecule has 3 rings (SSSR count). The highest BCUT2D eigenvalue weighted by Crippen LogP contribution is 2.22. The molecule has 0 radical (unpaired) electrons. The number of aromatic nitrogens is 1. The summed E-state index contributed by atoms with van der Waals surface area (Å²) in [4.78, 5) is 29.3. The number of alkyl carbamates (subject to hydrolysis) is 1. The maximum Gasteiger partial charge on any atom is 0.408 e. The smallest absolute Gasteiger partial charge is 0.408 e. The van der Waals surface area contributed by atoms with Gasteiger partial charge in [-0.15, -0.1) is 0 Å². The third kappa shape index (κ3) is 5.91. The number of benzene rings is 2. The van der Waals surface area contributed by atoms with Crippen molar-refractivity contribution < 1.29 is 14.3 Å². The second kappa shape index (κ2) is 9.22. The van der Waals surface area contributed by atoms with Crippen molar-refractivity contribution in [2.45, 2.75) is 32.4 Å². The number of nitrogens with one attached hydrogen (secondary N) is 2. The first-order valence-corrected chi connectivity index (χ1v) is 9.67. The maximum atomic E-state index is 13.0. The molecule has 0 spiro atoms. The van der Waals surface area contributed by atoms with Crippen LogP contribution < -0.4 is 10.6 Å². The largest absolute Gasteiger partial charge is 0.444 e. The number of anilines is 1. The normalized spacial score (nSPS) is 12.0. The van der Waals surface area contributed by atoms with E-state index in [0.29, 0.717) is 11.3 Å². The molecular formula is C24H25N3O3. The molecule has 2 amide bonds. The SMILES string of the molecule is CC(C)(C)OC(=O)N[C@H](C(=O)Nc1ccc(-c2ccncc2)cc1)c1ccccc1. The van der Waals surface area contributed by atoms with Gasteiger partial charge in [-0.3, -0.25) is 9.78 Å². The molecular weight excluding hydrogens is 378 g/mol. The topological polar surface area (TPSA) is 80.3 Å². The van der Waals surface area contributed by atoms with Crippen molar-refractivity contribution in [3.63, 3.8) is 0 Å². The molecule has 6 nitrogen and oxygen atoms in total. The summed E-state index contributed by atoms with van der Waals surface area (Å²) in [6.07, 6.45) is 2.81. The van der Waals surface area contributed by atoms with Crippen LogP contribution in [0.25, 0.3) is 11.1 Å². The molecule has 0 aliphatic carbocycles. The molecule has 6 heteroatoms. The molecule has 0 unspecified atom stereocenters. The van der Waals surface area contributed by atoms with Gasteiger partial charge in [-0.1, -0.05) is 42.5 Å². The van der Waals surface area contributed by atoms with Crippen molar-refractivity contribution >= 4 is 17.7 Å². The molecule has 2 N–H and O–H groups in total. The summed E-state index contributed by atoms with van der Waals surface area (Å²) >= 11 is 0. The number of hydrogen-bond donors (Lipinski definition) is 2. The molecule has 3 aromatic rings. The summed E-state index contributed by atoms with van der Waals surface area (Å²) in [5, 5.41) is 5.53. The fourth-order valence-electron chi connectivity index (χ4n) is 2.88. The molecule has 0 aliphatic heterocycles. The van der Waals surface area contributed by atoms with E-state index >= 15 is 0 Å². The van der Waals surface area contributed by atoms with Gasteiger partial charge in [-0.2, -0.15) is 0 Å². The lowest BCUT2D eigenvalue weighted by Gasteiger charge is -2.23. The van der Waals surface area contributed by atoms with Crippen molar-refractivity contribution in [2.24, 2.45) is 0 Å². The van der Waals surface area contributed by atoms with E-state index < -0.39 is 17.7 Å². The molecule has 1 heterocycles. The summed E-state index contributed by atoms with van der Waals surface area (Å²) in [5.41, 5.74) is 2.68. The van der Waals surface area contributed by atoms with Gasteiger partial charge < -0.3 is 15.4 Å². The molecule has 0 fully saturated rings. The van der Waals surface area contributed by atoms with Crippen LogP contribution in [0.3, 0.4) is 0 Å². The average molecular weight is 403 g/mol. The van der Waals surface area contributed by atoms with Gasteiger partial charge >= 0.3 is 6.09 Å². The van der Waals surface area contributed by atoms with Crippen LogP contribution in [-0.4, -0.2) is 22.6 Å². The van der Waals surface area contributed by atoms with Gasteiger partial charge in [-0.05, 0) is 61.7 Å². The van der Waals surface area contributed by atoms with Crippen molar-refractivity contribution in [1.82, 2.24) is 10.3 Å². The van der Waals surface area contributed by atoms with Gasteiger partial charge in [0.05, 0.1) is 0 Å². The Morgan fingerprint density at radius 1 is 0.867 bits per heavy atom. The first-order valence-electron chi connectivity index (χ1n) is 9.67. The highest BCUT2D eigenvalue weighted by atomic mass is 16.6. The zero-order valence-electron chi connectivity index (χ0n) is 17.3. The number of ether oxygens (including phenoxy) is 1. The summed E-state index contributed by atoms with van der Waals surface area (Å²) in [7, 11) is 0. The number of pyridine rings is 1. The Bertz CT molecular complexity index is 982. The number of nitrogens with zero attached hydrogens (tertiary/aromatic N) is 1. The van der Waals surface area contributed by atoms with Gasteiger partial charge in [0.15, 0.2) is 0 Å². The molecule has 0 aliphatic rings. The first-order chi connectivity index (χ1) is 14.3. The Hall–Kier alpha value is -3.67. The summed E-state index contributed by atoms with van der Waals surface area (Å²) in [6.45, 7) is 5.32. The van der Waals surface area contributed by atoms with E-state index in [9.17, 15) is 9.59 Å². The van der Waals surface area contributed by atoms with E-state index in [2.05, 4.69) is 15.6 Å². The van der Waals surface area contributed by atoms with Crippen LogP contribution in [-0.2, 0) is 9.53 Å². The number of carbonyl (C=O) groups is 2. The third-order valence-electron chi connectivity index (χ3n) is 4.22. The van der Waals surface area contributed by atoms with Gasteiger partial charge in [-0.25, -0.2) is 4.79 Å². The van der Waals surface area contributed by atoms with Gasteiger partial charge in [0.2, 0.25) is 0 Å². The van der Waals surface area contributed by atoms with Crippen molar-refractivity contribution in [3.05, 3.63) is 84.7 Å². The molecule has 1 aromatic heterocycles. The van der Waals surface area contributed by atoms with Crippen molar-refractivity contribution in [1.29, 1.82) is 0 Å². The third-order valence-corrected chi connectivity index (χ3v) is 4.22. The van der Waals surface area contributed by atoms with Crippen molar-refractivity contribution in [3.8, 4) is 11.1 Å². The zero-order chi connectivity index (χ0) is 21.6. The van der Waals surface area contributed by atoms with E-state index in [-0.39, 0.29) is 5.91 Å². The van der Waals surface area contributed by atoms with E-state index in [1.54, 1.807) is 45.3 Å². The molecule has 154 valence electrons. The van der Waals surface area contributed by atoms with Crippen LogP contribution in [0, 0.1) is 0 Å². The summed E-state index contributed by atoms with van der Waals surface area (Å²) in [5.74, 6) is -0.358. The molecule has 0 saturated carbocycles. The molecule has 30 heavy (non-hydrogen) atoms. The fourth-order valence-corrected chi connectivity index (χ4v) is 2.88. The highest BCUT2D eigenvalue weighted by Gasteiger charge is 2.25. The molecule has 2 aromatic carbocycles. The Morgan fingerprint density at radius 3 is 2.07 bits per heavy atom. The Kier molecular flexibility index (Phi) is 6.47. The quantitative estimate of drug-likeness (QED) is 0.631. The van der Waals surface area contributed by atoms with Crippen molar-refractivity contribution in [2.75, 3.05) is 5.32 Å². The minimum atomic E-state index is -0.888. The standard InChI is InChI=1S/C24H25N3O3/c1-24(2,3)30-23(29)27-21(19-7-5-4-6-8-19)22(28)26-20-11-9-17(10-12-20)18-13-15-25-16-14-18/h4-16,21H,1-3H3,(H,26,28)(H,27,29)/t21-/m0/s1. The van der Waals surface area contributed by atoms with Gasteiger partial charge in [0.1, 0.15) is 11.6 Å². The molecule has 0 saturated heterocycles. The predicted molar refractivity (Wildman–Crippen MR) is 117 cm³/mol. The van der Waals surface area contributed by atoms with Crippen LogP contribution in [0.2, 0.25) is 0 Å². The van der Waals surface area contributed by atoms with Crippen LogP contribution in [0.15, 0.2) is 79.1 Å². The number of carbonyl (C=O) groups excluding carboxylic acids is 2. The monoisotopic (exact) mass is 403 g/mol. The predicted octanol–water partition coefficient (Wildman–Crippen LogP) is 4.95. The molecule has 0 bridgehead atoms. The van der Waals surface area contributed by atoms with Gasteiger partial charge in [0, 0.05) is 18.1 Å². The minimum Gasteiger partial charge on any atom is -0.444 e. The maximum absolute atomic E-state index is 13.0. The Labute approximate surface area is 176 Å². The zero-order valence-corrected chi connectivity index (χ0v) is 17.3. The van der Waals surface area contributed by atoms with E-state index in [4.69, 9.17) is 4.74 Å². The fraction of sp³-hybridized carbons (Fsp3) is 0.208.